The van der Waals surface area contributed by atoms with E-state index in [1.807, 2.05) is 30.3 Å². The normalized spacial score (nSPS) is 17.7. The lowest BCUT2D eigenvalue weighted by Crippen LogP contribution is -2.37. The Morgan fingerprint density at radius 2 is 1.95 bits per heavy atom. The Bertz CT molecular complexity index is 433. The van der Waals surface area contributed by atoms with Crippen LogP contribution in [0, 0.1) is 5.41 Å². The van der Waals surface area contributed by atoms with Crippen LogP contribution in [0.25, 0.3) is 6.08 Å². The number of carbonyl (C=O) groups is 1. The summed E-state index contributed by atoms with van der Waals surface area (Å²) in [4.78, 5) is 11.8. The number of benzene rings is 1. The molecule has 0 radical (unpaired) electrons. The number of hydrogen-bond donors (Lipinski definition) is 2. The molecule has 19 heavy (non-hydrogen) atoms. The highest BCUT2D eigenvalue weighted by atomic mass is 16.3. The first kappa shape index (κ1) is 13.8. The Morgan fingerprint density at radius 1 is 1.26 bits per heavy atom. The number of rotatable bonds is 5. The zero-order chi connectivity index (χ0) is 13.6. The SMILES string of the molecule is O=C(/C=C/c1ccccc1)NCC1(CO)CCCC1. The maximum atomic E-state index is 11.8. The second-order valence-corrected chi connectivity index (χ2v) is 5.33. The van der Waals surface area contributed by atoms with Crippen LogP contribution in [0.2, 0.25) is 0 Å². The molecular weight excluding hydrogens is 238 g/mol. The fourth-order valence-electron chi connectivity index (χ4n) is 2.59. The van der Waals surface area contributed by atoms with Crippen LogP contribution in [-0.2, 0) is 4.79 Å². The van der Waals surface area contributed by atoms with Gasteiger partial charge >= 0.3 is 0 Å². The van der Waals surface area contributed by atoms with Gasteiger partial charge in [0.25, 0.3) is 0 Å². The van der Waals surface area contributed by atoms with Gasteiger partial charge in [-0.05, 0) is 24.5 Å². The molecule has 1 amide bonds. The summed E-state index contributed by atoms with van der Waals surface area (Å²) in [7, 11) is 0. The molecule has 0 heterocycles. The third-order valence-corrected chi connectivity index (χ3v) is 3.86. The van der Waals surface area contributed by atoms with E-state index in [2.05, 4.69) is 5.32 Å². The van der Waals surface area contributed by atoms with Crippen molar-refractivity contribution in [1.29, 1.82) is 0 Å². The van der Waals surface area contributed by atoms with Crippen molar-refractivity contribution in [3.8, 4) is 0 Å². The Balaban J connectivity index is 1.83. The van der Waals surface area contributed by atoms with Crippen LogP contribution in [0.1, 0.15) is 31.2 Å². The van der Waals surface area contributed by atoms with E-state index < -0.39 is 0 Å². The number of aliphatic hydroxyl groups is 1. The van der Waals surface area contributed by atoms with Crippen molar-refractivity contribution in [2.75, 3.05) is 13.2 Å². The monoisotopic (exact) mass is 259 g/mol. The Labute approximate surface area is 114 Å². The largest absolute Gasteiger partial charge is 0.396 e. The third kappa shape index (κ3) is 3.93. The first-order valence-corrected chi connectivity index (χ1v) is 6.86. The van der Waals surface area contributed by atoms with E-state index in [1.54, 1.807) is 12.2 Å². The van der Waals surface area contributed by atoms with Crippen molar-refractivity contribution in [3.05, 3.63) is 42.0 Å². The summed E-state index contributed by atoms with van der Waals surface area (Å²) in [6, 6.07) is 9.74. The predicted octanol–water partition coefficient (Wildman–Crippen LogP) is 2.37. The van der Waals surface area contributed by atoms with Gasteiger partial charge < -0.3 is 10.4 Å². The van der Waals surface area contributed by atoms with Gasteiger partial charge in [0.1, 0.15) is 0 Å². The van der Waals surface area contributed by atoms with Gasteiger partial charge in [0.15, 0.2) is 0 Å². The number of aliphatic hydroxyl groups excluding tert-OH is 1. The van der Waals surface area contributed by atoms with Crippen LogP contribution in [0.5, 0.6) is 0 Å². The highest BCUT2D eigenvalue weighted by molar-refractivity contribution is 5.91. The number of nitrogens with one attached hydrogen (secondary N) is 1. The smallest absolute Gasteiger partial charge is 0.244 e. The molecule has 2 rings (SSSR count). The van der Waals surface area contributed by atoms with Crippen LogP contribution in [0.15, 0.2) is 36.4 Å². The molecule has 3 nitrogen and oxygen atoms in total. The minimum Gasteiger partial charge on any atom is -0.396 e. The summed E-state index contributed by atoms with van der Waals surface area (Å²) in [5.41, 5.74) is 0.923. The lowest BCUT2D eigenvalue weighted by Gasteiger charge is -2.26. The van der Waals surface area contributed by atoms with Gasteiger partial charge in [-0.2, -0.15) is 0 Å². The first-order chi connectivity index (χ1) is 9.24. The summed E-state index contributed by atoms with van der Waals surface area (Å²) in [5.74, 6) is -0.0939. The lowest BCUT2D eigenvalue weighted by molar-refractivity contribution is -0.117. The van der Waals surface area contributed by atoms with Crippen molar-refractivity contribution in [2.24, 2.45) is 5.41 Å². The Hall–Kier alpha value is -1.61. The molecule has 0 saturated heterocycles. The summed E-state index contributed by atoms with van der Waals surface area (Å²) >= 11 is 0. The zero-order valence-electron chi connectivity index (χ0n) is 11.1. The molecule has 0 bridgehead atoms. The molecule has 2 N–H and O–H groups in total. The highest BCUT2D eigenvalue weighted by Gasteiger charge is 2.33. The van der Waals surface area contributed by atoms with E-state index in [9.17, 15) is 9.90 Å². The molecule has 1 saturated carbocycles. The summed E-state index contributed by atoms with van der Waals surface area (Å²) in [5, 5.41) is 12.4. The van der Waals surface area contributed by atoms with Gasteiger partial charge in [-0.3, -0.25) is 4.79 Å². The molecule has 0 spiro atoms. The number of carbonyl (C=O) groups excluding carboxylic acids is 1. The van der Waals surface area contributed by atoms with E-state index >= 15 is 0 Å². The molecule has 0 aromatic heterocycles. The Morgan fingerprint density at radius 3 is 2.58 bits per heavy atom. The average molecular weight is 259 g/mol. The van der Waals surface area contributed by atoms with Gasteiger partial charge in [0, 0.05) is 18.0 Å². The first-order valence-electron chi connectivity index (χ1n) is 6.86. The molecule has 1 aliphatic carbocycles. The fraction of sp³-hybridized carbons (Fsp3) is 0.438. The summed E-state index contributed by atoms with van der Waals surface area (Å²) in [6.07, 6.45) is 7.66. The quantitative estimate of drug-likeness (QED) is 0.798. The number of hydrogen-bond acceptors (Lipinski definition) is 2. The van der Waals surface area contributed by atoms with Gasteiger partial charge in [0.2, 0.25) is 5.91 Å². The van der Waals surface area contributed by atoms with Gasteiger partial charge in [-0.25, -0.2) is 0 Å². The van der Waals surface area contributed by atoms with Crippen LogP contribution in [-0.4, -0.2) is 24.2 Å². The molecule has 1 aromatic carbocycles. The van der Waals surface area contributed by atoms with Crippen LogP contribution >= 0.6 is 0 Å². The molecule has 1 aliphatic rings. The predicted molar refractivity (Wildman–Crippen MR) is 76.5 cm³/mol. The second kappa shape index (κ2) is 6.53. The van der Waals surface area contributed by atoms with Crippen LogP contribution < -0.4 is 5.32 Å². The summed E-state index contributed by atoms with van der Waals surface area (Å²) < 4.78 is 0. The molecule has 0 aliphatic heterocycles. The molecule has 0 unspecified atom stereocenters. The van der Waals surface area contributed by atoms with Crippen LogP contribution in [0.3, 0.4) is 0 Å². The lowest BCUT2D eigenvalue weighted by atomic mass is 9.87. The molecular formula is C16H21NO2. The highest BCUT2D eigenvalue weighted by Crippen LogP contribution is 2.36. The van der Waals surface area contributed by atoms with Gasteiger partial charge in [-0.15, -0.1) is 0 Å². The molecule has 1 fully saturated rings. The van der Waals surface area contributed by atoms with Crippen molar-refractivity contribution >= 4 is 12.0 Å². The fourth-order valence-corrected chi connectivity index (χ4v) is 2.59. The maximum Gasteiger partial charge on any atom is 0.244 e. The van der Waals surface area contributed by atoms with Crippen LogP contribution in [0.4, 0.5) is 0 Å². The van der Waals surface area contributed by atoms with Crippen molar-refractivity contribution < 1.29 is 9.90 Å². The van der Waals surface area contributed by atoms with E-state index in [0.29, 0.717) is 6.54 Å². The molecule has 0 atom stereocenters. The Kier molecular flexibility index (Phi) is 4.74. The minimum atomic E-state index is -0.0939. The van der Waals surface area contributed by atoms with Crippen molar-refractivity contribution in [1.82, 2.24) is 5.32 Å². The van der Waals surface area contributed by atoms with Crippen molar-refractivity contribution in [3.63, 3.8) is 0 Å². The third-order valence-electron chi connectivity index (χ3n) is 3.86. The van der Waals surface area contributed by atoms with Gasteiger partial charge in [0.05, 0.1) is 6.61 Å². The second-order valence-electron chi connectivity index (χ2n) is 5.33. The number of amides is 1. The van der Waals surface area contributed by atoms with E-state index in [0.717, 1.165) is 31.2 Å². The standard InChI is InChI=1S/C16H21NO2/c18-13-16(10-4-5-11-16)12-17-15(19)9-8-14-6-2-1-3-7-14/h1-3,6-9,18H,4-5,10-13H2,(H,17,19)/b9-8+. The average Bonchev–Trinajstić information content (AvgIpc) is 2.93. The van der Waals surface area contributed by atoms with E-state index in [1.165, 1.54) is 0 Å². The topological polar surface area (TPSA) is 49.3 Å². The van der Waals surface area contributed by atoms with Crippen molar-refractivity contribution in [2.45, 2.75) is 25.7 Å². The maximum absolute atomic E-state index is 11.8. The molecule has 1 aromatic rings. The van der Waals surface area contributed by atoms with Gasteiger partial charge in [-0.1, -0.05) is 43.2 Å². The zero-order valence-corrected chi connectivity index (χ0v) is 11.1. The molecule has 3 heteroatoms. The van der Waals surface area contributed by atoms with E-state index in [4.69, 9.17) is 0 Å². The molecule has 102 valence electrons. The van der Waals surface area contributed by atoms with E-state index in [-0.39, 0.29) is 17.9 Å². The minimum absolute atomic E-state index is 0.0871. The summed E-state index contributed by atoms with van der Waals surface area (Å²) in [6.45, 7) is 0.733.